The molecule has 0 aliphatic heterocycles. The van der Waals surface area contributed by atoms with Gasteiger partial charge in [0.05, 0.1) is 5.69 Å². The fourth-order valence-electron chi connectivity index (χ4n) is 2.15. The van der Waals surface area contributed by atoms with Gasteiger partial charge in [-0.15, -0.1) is 0 Å². The van der Waals surface area contributed by atoms with E-state index in [0.717, 1.165) is 25.2 Å². The fourth-order valence-corrected chi connectivity index (χ4v) is 2.15. The van der Waals surface area contributed by atoms with Crippen molar-refractivity contribution in [3.63, 3.8) is 0 Å². The number of carbonyl (C=O) groups excluding carboxylic acids is 1. The molecule has 0 aromatic carbocycles. The third-order valence-electron chi connectivity index (χ3n) is 3.24. The van der Waals surface area contributed by atoms with Crippen molar-refractivity contribution in [3.8, 4) is 0 Å². The largest absolute Gasteiger partial charge is 0.356 e. The molecule has 1 aromatic rings. The molecule has 0 unspecified atom stereocenters. The average Bonchev–Trinajstić information content (AvgIpc) is 2.65. The summed E-state index contributed by atoms with van der Waals surface area (Å²) in [6.07, 6.45) is 1.51. The van der Waals surface area contributed by atoms with Crippen molar-refractivity contribution in [2.75, 3.05) is 27.2 Å². The van der Waals surface area contributed by atoms with Crippen molar-refractivity contribution in [1.82, 2.24) is 20.0 Å². The van der Waals surface area contributed by atoms with Gasteiger partial charge >= 0.3 is 0 Å². The molecule has 1 heterocycles. The molecule has 5 nitrogen and oxygen atoms in total. The highest BCUT2D eigenvalue weighted by molar-refractivity contribution is 5.75. The zero-order chi connectivity index (χ0) is 15.1. The topological polar surface area (TPSA) is 50.2 Å². The van der Waals surface area contributed by atoms with E-state index in [-0.39, 0.29) is 5.91 Å². The average molecular weight is 280 g/mol. The second-order valence-corrected chi connectivity index (χ2v) is 5.93. The number of aryl methyl sites for hydroxylation is 2. The molecule has 1 N–H and O–H groups in total. The van der Waals surface area contributed by atoms with Gasteiger partial charge in [-0.1, -0.05) is 6.92 Å². The van der Waals surface area contributed by atoms with Crippen LogP contribution in [0, 0.1) is 19.8 Å². The van der Waals surface area contributed by atoms with Crippen molar-refractivity contribution < 1.29 is 4.79 Å². The van der Waals surface area contributed by atoms with Crippen LogP contribution >= 0.6 is 0 Å². The van der Waals surface area contributed by atoms with E-state index in [1.54, 1.807) is 0 Å². The summed E-state index contributed by atoms with van der Waals surface area (Å²) in [6.45, 7) is 8.70. The molecule has 0 spiro atoms. The van der Waals surface area contributed by atoms with Gasteiger partial charge in [-0.05, 0) is 52.9 Å². The summed E-state index contributed by atoms with van der Waals surface area (Å²) in [7, 11) is 4.04. The number of hydrogen-bond acceptors (Lipinski definition) is 3. The summed E-state index contributed by atoms with van der Waals surface area (Å²) in [5.74, 6) is 0.526. The number of nitrogens with one attached hydrogen (secondary N) is 1. The van der Waals surface area contributed by atoms with Crippen LogP contribution < -0.4 is 5.32 Å². The van der Waals surface area contributed by atoms with E-state index in [9.17, 15) is 4.79 Å². The summed E-state index contributed by atoms with van der Waals surface area (Å²) in [4.78, 5) is 13.8. The molecule has 1 rings (SSSR count). The molecule has 0 saturated carbocycles. The van der Waals surface area contributed by atoms with E-state index < -0.39 is 0 Å². The van der Waals surface area contributed by atoms with Crippen LogP contribution in [0.4, 0.5) is 0 Å². The Morgan fingerprint density at radius 2 is 2.15 bits per heavy atom. The lowest BCUT2D eigenvalue weighted by atomic mass is 10.1. The molecule has 0 bridgehead atoms. The van der Waals surface area contributed by atoms with Gasteiger partial charge in [0.1, 0.15) is 0 Å². The highest BCUT2D eigenvalue weighted by atomic mass is 16.1. The fraction of sp³-hybridized carbons (Fsp3) is 0.733. The smallest absolute Gasteiger partial charge is 0.220 e. The van der Waals surface area contributed by atoms with Gasteiger partial charge in [0.2, 0.25) is 5.91 Å². The van der Waals surface area contributed by atoms with E-state index in [1.165, 1.54) is 5.69 Å². The summed E-state index contributed by atoms with van der Waals surface area (Å²) < 4.78 is 2.01. The third kappa shape index (κ3) is 6.19. The van der Waals surface area contributed by atoms with E-state index in [0.29, 0.717) is 18.9 Å². The first kappa shape index (κ1) is 16.7. The highest BCUT2D eigenvalue weighted by Gasteiger charge is 2.09. The van der Waals surface area contributed by atoms with Crippen LogP contribution in [0.1, 0.15) is 31.2 Å². The standard InChI is InChI=1S/C15H28N4O/c1-12(11-19-14(3)9-13(2)17-19)10-16-15(20)7-6-8-18(4)5/h9,12H,6-8,10-11H2,1-5H3,(H,16,20)/t12-/m0/s1. The predicted molar refractivity (Wildman–Crippen MR) is 81.7 cm³/mol. The lowest BCUT2D eigenvalue weighted by molar-refractivity contribution is -0.121. The number of hydrogen-bond donors (Lipinski definition) is 1. The van der Waals surface area contributed by atoms with Gasteiger partial charge < -0.3 is 10.2 Å². The number of amides is 1. The maximum Gasteiger partial charge on any atom is 0.220 e. The minimum atomic E-state index is 0.145. The van der Waals surface area contributed by atoms with Gasteiger partial charge in [-0.3, -0.25) is 9.48 Å². The lowest BCUT2D eigenvalue weighted by Gasteiger charge is -2.14. The second-order valence-electron chi connectivity index (χ2n) is 5.93. The molecule has 1 atom stereocenters. The van der Waals surface area contributed by atoms with Crippen LogP contribution in [0.5, 0.6) is 0 Å². The quantitative estimate of drug-likeness (QED) is 0.787. The van der Waals surface area contributed by atoms with Gasteiger partial charge in [0.15, 0.2) is 0 Å². The zero-order valence-corrected chi connectivity index (χ0v) is 13.4. The molecule has 0 fully saturated rings. The molecule has 0 aliphatic rings. The normalized spacial score (nSPS) is 12.7. The predicted octanol–water partition coefficient (Wildman–Crippen LogP) is 1.59. The molecule has 1 aromatic heterocycles. The van der Waals surface area contributed by atoms with Crippen molar-refractivity contribution in [3.05, 3.63) is 17.5 Å². The van der Waals surface area contributed by atoms with Crippen LogP contribution in [0.25, 0.3) is 0 Å². The van der Waals surface area contributed by atoms with Gasteiger partial charge in [-0.25, -0.2) is 0 Å². The zero-order valence-electron chi connectivity index (χ0n) is 13.4. The Hall–Kier alpha value is -1.36. The minimum Gasteiger partial charge on any atom is -0.356 e. The molecular formula is C15H28N4O. The Morgan fingerprint density at radius 3 is 2.70 bits per heavy atom. The maximum absolute atomic E-state index is 11.7. The number of aromatic nitrogens is 2. The monoisotopic (exact) mass is 280 g/mol. The van der Waals surface area contributed by atoms with Crippen molar-refractivity contribution in [2.24, 2.45) is 5.92 Å². The molecule has 114 valence electrons. The van der Waals surface area contributed by atoms with Crippen molar-refractivity contribution >= 4 is 5.91 Å². The van der Waals surface area contributed by atoms with Crippen LogP contribution in [0.2, 0.25) is 0 Å². The number of rotatable bonds is 8. The first-order chi connectivity index (χ1) is 9.38. The molecule has 1 amide bonds. The Balaban J connectivity index is 2.24. The van der Waals surface area contributed by atoms with Gasteiger partial charge in [0.25, 0.3) is 0 Å². The Labute approximate surface area is 122 Å². The van der Waals surface area contributed by atoms with Crippen molar-refractivity contribution in [2.45, 2.75) is 40.2 Å². The second kappa shape index (κ2) is 8.04. The summed E-state index contributed by atoms with van der Waals surface area (Å²) in [5.41, 5.74) is 2.22. The first-order valence-corrected chi connectivity index (χ1v) is 7.31. The lowest BCUT2D eigenvalue weighted by Crippen LogP contribution is -2.30. The Morgan fingerprint density at radius 1 is 1.45 bits per heavy atom. The van der Waals surface area contributed by atoms with Gasteiger partial charge in [0, 0.05) is 25.2 Å². The molecule has 0 saturated heterocycles. The van der Waals surface area contributed by atoms with E-state index >= 15 is 0 Å². The van der Waals surface area contributed by atoms with Gasteiger partial charge in [-0.2, -0.15) is 5.10 Å². The SMILES string of the molecule is Cc1cc(C)n(C[C@@H](C)CNC(=O)CCCN(C)C)n1. The third-order valence-corrected chi connectivity index (χ3v) is 3.24. The van der Waals surface area contributed by atoms with Crippen LogP contribution in [-0.2, 0) is 11.3 Å². The first-order valence-electron chi connectivity index (χ1n) is 7.31. The highest BCUT2D eigenvalue weighted by Crippen LogP contribution is 2.06. The van der Waals surface area contributed by atoms with Crippen LogP contribution in [0.3, 0.4) is 0 Å². The summed E-state index contributed by atoms with van der Waals surface area (Å²) >= 11 is 0. The minimum absolute atomic E-state index is 0.145. The summed E-state index contributed by atoms with van der Waals surface area (Å²) in [6, 6.07) is 2.08. The van der Waals surface area contributed by atoms with E-state index in [4.69, 9.17) is 0 Å². The Kier molecular flexibility index (Phi) is 6.71. The summed E-state index contributed by atoms with van der Waals surface area (Å²) in [5, 5.41) is 7.45. The van der Waals surface area contributed by atoms with Crippen LogP contribution in [-0.4, -0.2) is 47.8 Å². The molecule has 0 aliphatic carbocycles. The molecule has 0 radical (unpaired) electrons. The number of nitrogens with zero attached hydrogens (tertiary/aromatic N) is 3. The van der Waals surface area contributed by atoms with Crippen molar-refractivity contribution in [1.29, 1.82) is 0 Å². The van der Waals surface area contributed by atoms with E-state index in [1.807, 2.05) is 25.7 Å². The maximum atomic E-state index is 11.7. The van der Waals surface area contributed by atoms with E-state index in [2.05, 4.69) is 35.2 Å². The molecular weight excluding hydrogens is 252 g/mol. The number of carbonyl (C=O) groups is 1. The van der Waals surface area contributed by atoms with Crippen LogP contribution in [0.15, 0.2) is 6.07 Å². The molecule has 5 heteroatoms. The Bertz CT molecular complexity index is 426. The molecule has 20 heavy (non-hydrogen) atoms.